The third kappa shape index (κ3) is 2.67. The van der Waals surface area contributed by atoms with Gasteiger partial charge in [0.1, 0.15) is 6.04 Å². The van der Waals surface area contributed by atoms with Gasteiger partial charge in [-0.2, -0.15) is 0 Å². The molecular weight excluding hydrogens is 294 g/mol. The van der Waals surface area contributed by atoms with Crippen LogP contribution in [0.2, 0.25) is 0 Å². The van der Waals surface area contributed by atoms with Gasteiger partial charge in [-0.15, -0.1) is 0 Å². The fourth-order valence-electron chi connectivity index (χ4n) is 2.40. The molecule has 4 nitrogen and oxygen atoms in total. The molecule has 1 amide bonds. The van der Waals surface area contributed by atoms with Crippen LogP contribution in [0.15, 0.2) is 28.7 Å². The van der Waals surface area contributed by atoms with Gasteiger partial charge in [-0.25, -0.2) is 0 Å². The standard InChI is InChI=1S/C13H18BrN3O/c1-9-8-16-13(18)12(5-6-15)17(9)11-4-2-3-10(14)7-11/h2-4,7,9,12H,5-6,8,15H2,1H3,(H,16,18). The highest BCUT2D eigenvalue weighted by atomic mass is 79.9. The molecule has 0 spiro atoms. The van der Waals surface area contributed by atoms with E-state index in [0.29, 0.717) is 19.5 Å². The number of hydrogen-bond acceptors (Lipinski definition) is 3. The van der Waals surface area contributed by atoms with Crippen molar-refractivity contribution in [1.82, 2.24) is 5.32 Å². The molecule has 2 unspecified atom stereocenters. The van der Waals surface area contributed by atoms with Crippen molar-refractivity contribution in [2.75, 3.05) is 18.0 Å². The van der Waals surface area contributed by atoms with Crippen LogP contribution in [-0.2, 0) is 4.79 Å². The van der Waals surface area contributed by atoms with E-state index in [1.807, 2.05) is 24.3 Å². The Morgan fingerprint density at radius 1 is 1.56 bits per heavy atom. The van der Waals surface area contributed by atoms with Crippen molar-refractivity contribution in [3.8, 4) is 0 Å². The van der Waals surface area contributed by atoms with Crippen LogP contribution in [0.5, 0.6) is 0 Å². The van der Waals surface area contributed by atoms with Gasteiger partial charge >= 0.3 is 0 Å². The zero-order chi connectivity index (χ0) is 13.1. The summed E-state index contributed by atoms with van der Waals surface area (Å²) in [7, 11) is 0. The van der Waals surface area contributed by atoms with Crippen molar-refractivity contribution >= 4 is 27.5 Å². The summed E-state index contributed by atoms with van der Waals surface area (Å²) in [5, 5.41) is 2.93. The molecule has 2 rings (SSSR count). The van der Waals surface area contributed by atoms with Gasteiger partial charge in [0.25, 0.3) is 0 Å². The summed E-state index contributed by atoms with van der Waals surface area (Å²) in [5.74, 6) is 0.0681. The Bertz CT molecular complexity index is 438. The summed E-state index contributed by atoms with van der Waals surface area (Å²) < 4.78 is 1.02. The Kier molecular flexibility index (Phi) is 4.24. The molecule has 1 aliphatic rings. The van der Waals surface area contributed by atoms with Gasteiger partial charge in [-0.1, -0.05) is 22.0 Å². The number of hydrogen-bond donors (Lipinski definition) is 2. The van der Waals surface area contributed by atoms with Crippen molar-refractivity contribution < 1.29 is 4.79 Å². The molecule has 1 fully saturated rings. The SMILES string of the molecule is CC1CNC(=O)C(CCN)N1c1cccc(Br)c1. The number of piperazine rings is 1. The van der Waals surface area contributed by atoms with Gasteiger partial charge < -0.3 is 16.0 Å². The lowest BCUT2D eigenvalue weighted by Crippen LogP contribution is -2.60. The van der Waals surface area contributed by atoms with Crippen LogP contribution in [0.25, 0.3) is 0 Å². The van der Waals surface area contributed by atoms with Crippen LogP contribution in [0.4, 0.5) is 5.69 Å². The minimum Gasteiger partial charge on any atom is -0.355 e. The average Bonchev–Trinajstić information content (AvgIpc) is 2.34. The maximum Gasteiger partial charge on any atom is 0.242 e. The molecular formula is C13H18BrN3O. The predicted molar refractivity (Wildman–Crippen MR) is 76.6 cm³/mol. The van der Waals surface area contributed by atoms with Crippen LogP contribution in [0.3, 0.4) is 0 Å². The normalized spacial score (nSPS) is 23.9. The van der Waals surface area contributed by atoms with E-state index in [9.17, 15) is 4.79 Å². The smallest absolute Gasteiger partial charge is 0.242 e. The van der Waals surface area contributed by atoms with Gasteiger partial charge in [0, 0.05) is 22.7 Å². The van der Waals surface area contributed by atoms with E-state index in [1.165, 1.54) is 0 Å². The maximum atomic E-state index is 12.0. The largest absolute Gasteiger partial charge is 0.355 e. The Hall–Kier alpha value is -1.07. The summed E-state index contributed by atoms with van der Waals surface area (Å²) in [6, 6.07) is 8.14. The molecule has 5 heteroatoms. The van der Waals surface area contributed by atoms with Crippen LogP contribution in [0.1, 0.15) is 13.3 Å². The molecule has 1 aliphatic heterocycles. The van der Waals surface area contributed by atoms with Crippen LogP contribution in [-0.4, -0.2) is 31.1 Å². The topological polar surface area (TPSA) is 58.4 Å². The third-order valence-electron chi connectivity index (χ3n) is 3.23. The highest BCUT2D eigenvalue weighted by Crippen LogP contribution is 2.26. The molecule has 1 heterocycles. The third-order valence-corrected chi connectivity index (χ3v) is 3.72. The Morgan fingerprint density at radius 2 is 2.33 bits per heavy atom. The molecule has 1 aromatic rings. The predicted octanol–water partition coefficient (Wildman–Crippen LogP) is 1.49. The van der Waals surface area contributed by atoms with Crippen molar-refractivity contribution in [2.24, 2.45) is 5.73 Å². The molecule has 98 valence electrons. The van der Waals surface area contributed by atoms with Crippen molar-refractivity contribution in [2.45, 2.75) is 25.4 Å². The van der Waals surface area contributed by atoms with Gasteiger partial charge in [-0.05, 0) is 38.1 Å². The first-order valence-electron chi connectivity index (χ1n) is 6.15. The number of nitrogens with zero attached hydrogens (tertiary/aromatic N) is 1. The molecule has 2 atom stereocenters. The number of nitrogens with one attached hydrogen (secondary N) is 1. The first-order chi connectivity index (χ1) is 8.63. The van der Waals surface area contributed by atoms with Crippen LogP contribution < -0.4 is 16.0 Å². The number of carbonyl (C=O) groups excluding carboxylic acids is 1. The Labute approximate surface area is 116 Å². The average molecular weight is 312 g/mol. The fourth-order valence-corrected chi connectivity index (χ4v) is 2.78. The molecule has 0 bridgehead atoms. The summed E-state index contributed by atoms with van der Waals surface area (Å²) in [6.45, 7) is 3.30. The second kappa shape index (κ2) is 5.71. The number of nitrogens with two attached hydrogens (primary N) is 1. The van der Waals surface area contributed by atoms with Gasteiger partial charge in [0.2, 0.25) is 5.91 Å². The summed E-state index contributed by atoms with van der Waals surface area (Å²) in [6.07, 6.45) is 0.669. The van der Waals surface area contributed by atoms with Gasteiger partial charge in [0.15, 0.2) is 0 Å². The molecule has 0 radical (unpaired) electrons. The van der Waals surface area contributed by atoms with Gasteiger partial charge in [0.05, 0.1) is 0 Å². The molecule has 0 aliphatic carbocycles. The second-order valence-corrected chi connectivity index (χ2v) is 5.49. The summed E-state index contributed by atoms with van der Waals surface area (Å²) in [4.78, 5) is 14.1. The van der Waals surface area contributed by atoms with E-state index in [2.05, 4.69) is 33.1 Å². The lowest BCUT2D eigenvalue weighted by atomic mass is 10.0. The quantitative estimate of drug-likeness (QED) is 0.889. The lowest BCUT2D eigenvalue weighted by molar-refractivity contribution is -0.123. The lowest BCUT2D eigenvalue weighted by Gasteiger charge is -2.41. The Morgan fingerprint density at radius 3 is 3.00 bits per heavy atom. The highest BCUT2D eigenvalue weighted by molar-refractivity contribution is 9.10. The van der Waals surface area contributed by atoms with E-state index in [-0.39, 0.29) is 18.0 Å². The zero-order valence-electron chi connectivity index (χ0n) is 10.4. The minimum absolute atomic E-state index is 0.0681. The molecule has 0 saturated carbocycles. The van der Waals surface area contributed by atoms with E-state index in [4.69, 9.17) is 5.73 Å². The number of benzene rings is 1. The maximum absolute atomic E-state index is 12.0. The number of rotatable bonds is 3. The monoisotopic (exact) mass is 311 g/mol. The first kappa shape index (κ1) is 13.4. The molecule has 1 saturated heterocycles. The molecule has 0 aromatic heterocycles. The highest BCUT2D eigenvalue weighted by Gasteiger charge is 2.33. The van der Waals surface area contributed by atoms with E-state index >= 15 is 0 Å². The molecule has 18 heavy (non-hydrogen) atoms. The van der Waals surface area contributed by atoms with Crippen molar-refractivity contribution in [1.29, 1.82) is 0 Å². The molecule has 1 aromatic carbocycles. The second-order valence-electron chi connectivity index (χ2n) is 4.57. The number of carbonyl (C=O) groups is 1. The van der Waals surface area contributed by atoms with Crippen molar-refractivity contribution in [3.63, 3.8) is 0 Å². The first-order valence-corrected chi connectivity index (χ1v) is 6.94. The van der Waals surface area contributed by atoms with Gasteiger partial charge in [-0.3, -0.25) is 4.79 Å². The number of halogens is 1. The summed E-state index contributed by atoms with van der Waals surface area (Å²) in [5.41, 5.74) is 6.68. The van der Waals surface area contributed by atoms with Crippen LogP contribution in [0, 0.1) is 0 Å². The van der Waals surface area contributed by atoms with E-state index in [1.54, 1.807) is 0 Å². The number of amides is 1. The summed E-state index contributed by atoms with van der Waals surface area (Å²) >= 11 is 3.47. The van der Waals surface area contributed by atoms with Crippen LogP contribution >= 0.6 is 15.9 Å². The minimum atomic E-state index is -0.173. The van der Waals surface area contributed by atoms with Crippen molar-refractivity contribution in [3.05, 3.63) is 28.7 Å². The molecule has 3 N–H and O–H groups in total. The fraction of sp³-hybridized carbons (Fsp3) is 0.462. The Balaban J connectivity index is 2.33. The van der Waals surface area contributed by atoms with E-state index in [0.717, 1.165) is 10.2 Å². The number of anilines is 1. The zero-order valence-corrected chi connectivity index (χ0v) is 12.0. The van der Waals surface area contributed by atoms with E-state index < -0.39 is 0 Å².